The van der Waals surface area contributed by atoms with Crippen LogP contribution in [0.5, 0.6) is 0 Å². The molecule has 1 aromatic carbocycles. The minimum Gasteiger partial charge on any atom is -0.460 e. The monoisotopic (exact) mass is 347 g/mol. The maximum Gasteiger partial charge on any atom is 0.324 e. The van der Waals surface area contributed by atoms with Gasteiger partial charge in [-0.3, -0.25) is 4.79 Å². The Labute approximate surface area is 150 Å². The Kier molecular flexibility index (Phi) is 6.93. The molecule has 2 N–H and O–H groups in total. The van der Waals surface area contributed by atoms with E-state index in [1.54, 1.807) is 11.8 Å². The molecule has 1 aromatic rings. The zero-order valence-corrected chi connectivity index (χ0v) is 15.8. The molecule has 24 heavy (non-hydrogen) atoms. The van der Waals surface area contributed by atoms with Crippen molar-refractivity contribution in [2.45, 2.75) is 57.4 Å². The molecular formula is C20H29NO2S. The van der Waals surface area contributed by atoms with Crippen molar-refractivity contribution >= 4 is 17.7 Å². The number of esters is 1. The van der Waals surface area contributed by atoms with Gasteiger partial charge in [0, 0.05) is 10.5 Å². The van der Waals surface area contributed by atoms with Crippen molar-refractivity contribution in [1.82, 2.24) is 0 Å². The topological polar surface area (TPSA) is 52.3 Å². The molecule has 132 valence electrons. The molecule has 0 bridgehead atoms. The maximum atomic E-state index is 12.1. The standard InChI is InChI=1S/C20H29NO2S/c1-15-9-11-17(12-10-15)20(2,3)24-14-18(21)19(22)23-13-16-7-5-4-6-8-16/h4-9,17-18H,10-14,21H2,1-3H3. The first-order valence-electron chi connectivity index (χ1n) is 8.64. The predicted octanol–water partition coefficient (Wildman–Crippen LogP) is 4.32. The Morgan fingerprint density at radius 1 is 1.38 bits per heavy atom. The number of carbonyl (C=O) groups excluding carboxylic acids is 1. The van der Waals surface area contributed by atoms with Crippen molar-refractivity contribution in [3.8, 4) is 0 Å². The maximum absolute atomic E-state index is 12.1. The van der Waals surface area contributed by atoms with Crippen LogP contribution in [0.4, 0.5) is 0 Å². The van der Waals surface area contributed by atoms with Crippen molar-refractivity contribution in [3.63, 3.8) is 0 Å². The van der Waals surface area contributed by atoms with E-state index in [0.717, 1.165) is 12.0 Å². The lowest BCUT2D eigenvalue weighted by atomic mass is 9.82. The molecule has 0 saturated carbocycles. The molecule has 3 nitrogen and oxygen atoms in total. The summed E-state index contributed by atoms with van der Waals surface area (Å²) in [6.45, 7) is 7.01. The molecule has 0 aromatic heterocycles. The minimum atomic E-state index is -0.571. The average molecular weight is 348 g/mol. The molecule has 0 radical (unpaired) electrons. The summed E-state index contributed by atoms with van der Waals surface area (Å²) in [6.07, 6.45) is 5.87. The number of ether oxygens (including phenoxy) is 1. The van der Waals surface area contributed by atoms with Crippen LogP contribution < -0.4 is 5.73 Å². The van der Waals surface area contributed by atoms with Crippen molar-refractivity contribution in [2.75, 3.05) is 5.75 Å². The van der Waals surface area contributed by atoms with Gasteiger partial charge in [-0.15, -0.1) is 0 Å². The van der Waals surface area contributed by atoms with Gasteiger partial charge in [0.05, 0.1) is 0 Å². The van der Waals surface area contributed by atoms with Gasteiger partial charge in [-0.2, -0.15) is 11.8 Å². The Morgan fingerprint density at radius 2 is 2.08 bits per heavy atom. The summed E-state index contributed by atoms with van der Waals surface area (Å²) in [5, 5.41) is 0. The number of rotatable bonds is 7. The SMILES string of the molecule is CC1=CCC(C(C)(C)SCC(N)C(=O)OCc2ccccc2)CC1. The number of benzene rings is 1. The number of hydrogen-bond acceptors (Lipinski definition) is 4. The third-order valence-corrected chi connectivity index (χ3v) is 6.39. The van der Waals surface area contributed by atoms with Gasteiger partial charge in [0.1, 0.15) is 12.6 Å². The highest BCUT2D eigenvalue weighted by Crippen LogP contribution is 2.40. The second-order valence-corrected chi connectivity index (χ2v) is 8.81. The van der Waals surface area contributed by atoms with Crippen LogP contribution >= 0.6 is 11.8 Å². The second kappa shape index (κ2) is 8.72. The van der Waals surface area contributed by atoms with Crippen LogP contribution in [-0.4, -0.2) is 22.5 Å². The summed E-state index contributed by atoms with van der Waals surface area (Å²) >= 11 is 1.79. The first kappa shape index (κ1) is 19.1. The Hall–Kier alpha value is -1.26. The van der Waals surface area contributed by atoms with Gasteiger partial charge in [0.2, 0.25) is 0 Å². The van der Waals surface area contributed by atoms with E-state index < -0.39 is 6.04 Å². The van der Waals surface area contributed by atoms with Crippen molar-refractivity contribution in [2.24, 2.45) is 11.7 Å². The Bertz CT molecular complexity index is 568. The fourth-order valence-corrected chi connectivity index (χ4v) is 4.12. The van der Waals surface area contributed by atoms with E-state index in [1.165, 1.54) is 18.4 Å². The first-order valence-corrected chi connectivity index (χ1v) is 9.63. The number of nitrogens with two attached hydrogens (primary N) is 1. The van der Waals surface area contributed by atoms with Gasteiger partial charge >= 0.3 is 5.97 Å². The molecule has 2 rings (SSSR count). The molecular weight excluding hydrogens is 318 g/mol. The van der Waals surface area contributed by atoms with E-state index in [2.05, 4.69) is 26.8 Å². The highest BCUT2D eigenvalue weighted by molar-refractivity contribution is 8.00. The zero-order valence-electron chi connectivity index (χ0n) is 15.0. The number of allylic oxidation sites excluding steroid dienone is 2. The molecule has 0 aliphatic heterocycles. The van der Waals surface area contributed by atoms with Crippen LogP contribution in [0.1, 0.15) is 45.6 Å². The molecule has 0 spiro atoms. The van der Waals surface area contributed by atoms with E-state index in [-0.39, 0.29) is 17.3 Å². The normalized spacial score (nSPS) is 19.5. The minimum absolute atomic E-state index is 0.120. The zero-order chi connectivity index (χ0) is 17.6. The lowest BCUT2D eigenvalue weighted by Crippen LogP contribution is -2.38. The summed E-state index contributed by atoms with van der Waals surface area (Å²) in [5.74, 6) is 0.917. The van der Waals surface area contributed by atoms with Crippen LogP contribution in [-0.2, 0) is 16.1 Å². The van der Waals surface area contributed by atoms with E-state index in [0.29, 0.717) is 11.7 Å². The predicted molar refractivity (Wildman–Crippen MR) is 102 cm³/mol. The van der Waals surface area contributed by atoms with E-state index in [1.807, 2.05) is 30.3 Å². The quantitative estimate of drug-likeness (QED) is 0.590. The third-order valence-electron chi connectivity index (χ3n) is 4.78. The van der Waals surface area contributed by atoms with E-state index in [9.17, 15) is 4.79 Å². The van der Waals surface area contributed by atoms with Crippen LogP contribution in [0.2, 0.25) is 0 Å². The lowest BCUT2D eigenvalue weighted by Gasteiger charge is -2.36. The van der Waals surface area contributed by atoms with Crippen molar-refractivity contribution in [3.05, 3.63) is 47.5 Å². The second-order valence-electron chi connectivity index (χ2n) is 7.14. The molecule has 0 saturated heterocycles. The molecule has 0 heterocycles. The van der Waals surface area contributed by atoms with Crippen molar-refractivity contribution in [1.29, 1.82) is 0 Å². The highest BCUT2D eigenvalue weighted by atomic mass is 32.2. The summed E-state index contributed by atoms with van der Waals surface area (Å²) < 4.78 is 5.45. The summed E-state index contributed by atoms with van der Waals surface area (Å²) in [5.41, 5.74) is 8.51. The molecule has 2 atom stereocenters. The van der Waals surface area contributed by atoms with E-state index in [4.69, 9.17) is 10.5 Å². The van der Waals surface area contributed by atoms with Gasteiger partial charge in [-0.25, -0.2) is 0 Å². The third kappa shape index (κ3) is 5.67. The number of hydrogen-bond donors (Lipinski definition) is 1. The van der Waals surface area contributed by atoms with Crippen LogP contribution in [0, 0.1) is 5.92 Å². The molecule has 0 fully saturated rings. The smallest absolute Gasteiger partial charge is 0.324 e. The molecule has 4 heteroatoms. The van der Waals surface area contributed by atoms with Gasteiger partial charge in [0.25, 0.3) is 0 Å². The fourth-order valence-electron chi connectivity index (χ4n) is 2.92. The number of carbonyl (C=O) groups is 1. The summed E-state index contributed by atoms with van der Waals surface area (Å²) in [4.78, 5) is 12.1. The van der Waals surface area contributed by atoms with Crippen LogP contribution in [0.15, 0.2) is 42.0 Å². The van der Waals surface area contributed by atoms with E-state index >= 15 is 0 Å². The average Bonchev–Trinajstić information content (AvgIpc) is 2.59. The molecule has 1 aliphatic rings. The Balaban J connectivity index is 1.76. The largest absolute Gasteiger partial charge is 0.460 e. The van der Waals surface area contributed by atoms with Gasteiger partial charge in [-0.05, 0) is 37.7 Å². The van der Waals surface area contributed by atoms with Gasteiger partial charge < -0.3 is 10.5 Å². The molecule has 2 unspecified atom stereocenters. The highest BCUT2D eigenvalue weighted by Gasteiger charge is 2.32. The lowest BCUT2D eigenvalue weighted by molar-refractivity contribution is -0.145. The fraction of sp³-hybridized carbons (Fsp3) is 0.550. The summed E-state index contributed by atoms with van der Waals surface area (Å²) in [7, 11) is 0. The first-order chi connectivity index (χ1) is 11.4. The van der Waals surface area contributed by atoms with Crippen LogP contribution in [0.3, 0.4) is 0 Å². The van der Waals surface area contributed by atoms with Crippen LogP contribution in [0.25, 0.3) is 0 Å². The molecule has 1 aliphatic carbocycles. The molecule has 0 amide bonds. The number of thioether (sulfide) groups is 1. The van der Waals surface area contributed by atoms with Crippen molar-refractivity contribution < 1.29 is 9.53 Å². The van der Waals surface area contributed by atoms with Gasteiger partial charge in [0.15, 0.2) is 0 Å². The van der Waals surface area contributed by atoms with Gasteiger partial charge in [-0.1, -0.05) is 55.8 Å². The Morgan fingerprint density at radius 3 is 2.71 bits per heavy atom. The summed E-state index contributed by atoms with van der Waals surface area (Å²) in [6, 6.07) is 9.12.